The van der Waals surface area contributed by atoms with Crippen molar-refractivity contribution >= 4 is 23.2 Å². The first-order chi connectivity index (χ1) is 11.8. The van der Waals surface area contributed by atoms with Crippen LogP contribution in [-0.4, -0.2) is 12.5 Å². The average molecular weight is 372 g/mol. The topological polar surface area (TPSA) is 38.3 Å². The number of carbonyl (C=O) groups is 1. The van der Waals surface area contributed by atoms with Crippen molar-refractivity contribution in [3.05, 3.63) is 58.6 Å². The number of alkyl halides is 3. The van der Waals surface area contributed by atoms with Crippen molar-refractivity contribution in [3.63, 3.8) is 0 Å². The Kier molecular flexibility index (Phi) is 6.31. The van der Waals surface area contributed by atoms with Crippen LogP contribution in [0.4, 0.5) is 18.9 Å². The fourth-order valence-corrected chi connectivity index (χ4v) is 2.47. The largest absolute Gasteiger partial charge is 0.493 e. The van der Waals surface area contributed by atoms with Crippen molar-refractivity contribution in [2.24, 2.45) is 0 Å². The Morgan fingerprint density at radius 3 is 2.60 bits per heavy atom. The Bertz CT molecular complexity index is 747. The lowest BCUT2D eigenvalue weighted by atomic mass is 10.1. The molecule has 0 bridgehead atoms. The maximum atomic E-state index is 12.9. The summed E-state index contributed by atoms with van der Waals surface area (Å²) in [5, 5.41) is 2.91. The number of hydrogen-bond acceptors (Lipinski definition) is 2. The first kappa shape index (κ1) is 19.1. The average Bonchev–Trinajstić information content (AvgIpc) is 2.52. The van der Waals surface area contributed by atoms with E-state index in [0.29, 0.717) is 17.2 Å². The number of ether oxygens (including phenoxy) is 1. The van der Waals surface area contributed by atoms with Gasteiger partial charge in [0.15, 0.2) is 0 Å². The van der Waals surface area contributed by atoms with E-state index in [9.17, 15) is 18.0 Å². The molecule has 0 saturated heterocycles. The van der Waals surface area contributed by atoms with Crippen LogP contribution in [-0.2, 0) is 11.0 Å². The second-order valence-corrected chi connectivity index (χ2v) is 5.89. The van der Waals surface area contributed by atoms with E-state index in [2.05, 4.69) is 5.32 Å². The van der Waals surface area contributed by atoms with Gasteiger partial charge in [0.25, 0.3) is 0 Å². The maximum absolute atomic E-state index is 12.9. The van der Waals surface area contributed by atoms with Gasteiger partial charge < -0.3 is 10.1 Å². The molecule has 0 saturated carbocycles. The summed E-state index contributed by atoms with van der Waals surface area (Å²) in [6, 6.07) is 10.1. The molecule has 0 aromatic heterocycles. The number of aryl methyl sites for hydroxylation is 1. The molecule has 0 heterocycles. The summed E-state index contributed by atoms with van der Waals surface area (Å²) < 4.78 is 44.2. The molecule has 3 nitrogen and oxygen atoms in total. The van der Waals surface area contributed by atoms with E-state index in [1.807, 2.05) is 6.92 Å². The zero-order valence-corrected chi connectivity index (χ0v) is 14.2. The third-order valence-corrected chi connectivity index (χ3v) is 3.68. The first-order valence-corrected chi connectivity index (χ1v) is 8.00. The highest BCUT2D eigenvalue weighted by atomic mass is 35.5. The van der Waals surface area contributed by atoms with Crippen LogP contribution in [0.5, 0.6) is 5.75 Å². The molecule has 0 fully saturated rings. The highest BCUT2D eigenvalue weighted by molar-refractivity contribution is 6.30. The molecule has 25 heavy (non-hydrogen) atoms. The number of rotatable bonds is 6. The minimum atomic E-state index is -4.51. The number of nitrogens with one attached hydrogen (secondary N) is 1. The van der Waals surface area contributed by atoms with Gasteiger partial charge >= 0.3 is 6.18 Å². The van der Waals surface area contributed by atoms with Crippen LogP contribution in [0.2, 0.25) is 5.02 Å². The summed E-state index contributed by atoms with van der Waals surface area (Å²) in [6.45, 7) is 2.12. The van der Waals surface area contributed by atoms with Crippen LogP contribution >= 0.6 is 11.6 Å². The zero-order valence-electron chi connectivity index (χ0n) is 13.5. The van der Waals surface area contributed by atoms with Gasteiger partial charge in [-0.1, -0.05) is 23.7 Å². The lowest BCUT2D eigenvalue weighted by Gasteiger charge is -2.13. The number of halogens is 4. The lowest BCUT2D eigenvalue weighted by Crippen LogP contribution is -2.17. The van der Waals surface area contributed by atoms with Gasteiger partial charge in [0.1, 0.15) is 5.75 Å². The third-order valence-electron chi connectivity index (χ3n) is 3.45. The van der Waals surface area contributed by atoms with Crippen LogP contribution in [0.3, 0.4) is 0 Å². The molecule has 2 aromatic carbocycles. The summed E-state index contributed by atoms with van der Waals surface area (Å²) in [7, 11) is 0. The Balaban J connectivity index is 1.84. The van der Waals surface area contributed by atoms with Gasteiger partial charge in [-0.2, -0.15) is 13.2 Å². The van der Waals surface area contributed by atoms with Crippen molar-refractivity contribution < 1.29 is 22.7 Å². The van der Waals surface area contributed by atoms with Gasteiger partial charge in [0.2, 0.25) is 5.91 Å². The minimum absolute atomic E-state index is 0.0544. The van der Waals surface area contributed by atoms with E-state index in [-0.39, 0.29) is 18.7 Å². The van der Waals surface area contributed by atoms with Crippen LogP contribution in [0.15, 0.2) is 42.5 Å². The van der Waals surface area contributed by atoms with E-state index in [0.717, 1.165) is 11.6 Å². The van der Waals surface area contributed by atoms with E-state index < -0.39 is 17.6 Å². The number of para-hydroxylation sites is 1. The van der Waals surface area contributed by atoms with Gasteiger partial charge in [0.05, 0.1) is 17.9 Å². The molecule has 0 unspecified atom stereocenters. The van der Waals surface area contributed by atoms with Crippen molar-refractivity contribution in [2.45, 2.75) is 25.9 Å². The Labute approximate surface area is 148 Å². The van der Waals surface area contributed by atoms with Gasteiger partial charge in [-0.15, -0.1) is 0 Å². The van der Waals surface area contributed by atoms with Gasteiger partial charge in [-0.3, -0.25) is 4.79 Å². The van der Waals surface area contributed by atoms with Crippen LogP contribution < -0.4 is 10.1 Å². The minimum Gasteiger partial charge on any atom is -0.493 e. The predicted molar refractivity (Wildman–Crippen MR) is 91.0 cm³/mol. The lowest BCUT2D eigenvalue weighted by molar-refractivity contribution is -0.137. The van der Waals surface area contributed by atoms with E-state index in [4.69, 9.17) is 16.3 Å². The quantitative estimate of drug-likeness (QED) is 0.684. The summed E-state index contributed by atoms with van der Waals surface area (Å²) in [5.74, 6) is 0.167. The molecular weight excluding hydrogens is 355 g/mol. The summed E-state index contributed by atoms with van der Waals surface area (Å²) >= 11 is 5.85. The molecule has 7 heteroatoms. The normalized spacial score (nSPS) is 11.2. The van der Waals surface area contributed by atoms with Crippen molar-refractivity contribution in [2.75, 3.05) is 11.9 Å². The van der Waals surface area contributed by atoms with E-state index >= 15 is 0 Å². The SMILES string of the molecule is Cc1cc(Cl)ccc1OCCCC(=O)Nc1ccccc1C(F)(F)F. The molecule has 0 aliphatic rings. The second-order valence-electron chi connectivity index (χ2n) is 5.45. The Morgan fingerprint density at radius 2 is 1.92 bits per heavy atom. The monoisotopic (exact) mass is 371 g/mol. The van der Waals surface area contributed by atoms with Crippen molar-refractivity contribution in [1.29, 1.82) is 0 Å². The van der Waals surface area contributed by atoms with Gasteiger partial charge in [-0.05, 0) is 49.2 Å². The van der Waals surface area contributed by atoms with E-state index in [1.165, 1.54) is 18.2 Å². The molecule has 0 aliphatic heterocycles. The molecule has 1 N–H and O–H groups in total. The van der Waals surface area contributed by atoms with Crippen molar-refractivity contribution in [3.8, 4) is 5.75 Å². The molecule has 0 aliphatic carbocycles. The maximum Gasteiger partial charge on any atom is 0.418 e. The Morgan fingerprint density at radius 1 is 1.20 bits per heavy atom. The fraction of sp³-hybridized carbons (Fsp3) is 0.278. The molecule has 0 atom stereocenters. The summed E-state index contributed by atoms with van der Waals surface area (Å²) in [6.07, 6.45) is -4.08. The number of benzene rings is 2. The first-order valence-electron chi connectivity index (χ1n) is 7.62. The highest BCUT2D eigenvalue weighted by Gasteiger charge is 2.33. The van der Waals surface area contributed by atoms with Crippen LogP contribution in [0.25, 0.3) is 0 Å². The zero-order chi connectivity index (χ0) is 18.4. The predicted octanol–water partition coefficient (Wildman–Crippen LogP) is 5.46. The molecule has 0 radical (unpaired) electrons. The van der Waals surface area contributed by atoms with E-state index in [1.54, 1.807) is 18.2 Å². The molecule has 134 valence electrons. The second kappa shape index (κ2) is 8.25. The summed E-state index contributed by atoms with van der Waals surface area (Å²) in [5.41, 5.74) is -0.234. The standard InChI is InChI=1S/C18H17ClF3NO2/c1-12-11-13(19)8-9-16(12)25-10-4-7-17(24)23-15-6-3-2-5-14(15)18(20,21)22/h2-3,5-6,8-9,11H,4,7,10H2,1H3,(H,23,24). The van der Waals surface area contributed by atoms with Gasteiger partial charge in [0, 0.05) is 11.4 Å². The Hall–Kier alpha value is -2.21. The smallest absolute Gasteiger partial charge is 0.418 e. The van der Waals surface area contributed by atoms with Crippen LogP contribution in [0.1, 0.15) is 24.0 Å². The molecular formula is C18H17ClF3NO2. The van der Waals surface area contributed by atoms with Crippen LogP contribution in [0, 0.1) is 6.92 Å². The van der Waals surface area contributed by atoms with Gasteiger partial charge in [-0.25, -0.2) is 0 Å². The number of anilines is 1. The number of hydrogen-bond donors (Lipinski definition) is 1. The third kappa shape index (κ3) is 5.67. The fourth-order valence-electron chi connectivity index (χ4n) is 2.24. The molecule has 0 spiro atoms. The molecule has 2 rings (SSSR count). The number of amides is 1. The summed E-state index contributed by atoms with van der Waals surface area (Å²) in [4.78, 5) is 11.9. The van der Waals surface area contributed by atoms with Crippen molar-refractivity contribution in [1.82, 2.24) is 0 Å². The number of carbonyl (C=O) groups excluding carboxylic acids is 1. The molecule has 2 aromatic rings. The highest BCUT2D eigenvalue weighted by Crippen LogP contribution is 2.34. The molecule has 1 amide bonds.